The molecule has 0 fully saturated rings. The SMILES string of the molecule is CCCNc1ncc(C(=O)Nc2cnn(CC)c2)cc1Cl. The molecular formula is C14H18ClN5O. The molecule has 0 aliphatic rings. The van der Waals surface area contributed by atoms with Gasteiger partial charge in [-0.3, -0.25) is 9.48 Å². The van der Waals surface area contributed by atoms with Crippen molar-refractivity contribution in [2.24, 2.45) is 0 Å². The number of nitrogens with zero attached hydrogens (tertiary/aromatic N) is 3. The summed E-state index contributed by atoms with van der Waals surface area (Å²) in [6, 6.07) is 1.60. The van der Waals surface area contributed by atoms with Crippen LogP contribution >= 0.6 is 11.6 Å². The third-order valence-electron chi connectivity index (χ3n) is 2.86. The number of halogens is 1. The van der Waals surface area contributed by atoms with Gasteiger partial charge >= 0.3 is 0 Å². The van der Waals surface area contributed by atoms with Crippen LogP contribution in [0.4, 0.5) is 11.5 Å². The van der Waals surface area contributed by atoms with E-state index in [1.165, 1.54) is 6.20 Å². The third-order valence-corrected chi connectivity index (χ3v) is 3.15. The molecule has 2 N–H and O–H groups in total. The predicted molar refractivity (Wildman–Crippen MR) is 83.9 cm³/mol. The molecule has 2 rings (SSSR count). The number of pyridine rings is 1. The van der Waals surface area contributed by atoms with Crippen molar-refractivity contribution in [3.05, 3.63) is 35.2 Å². The molecule has 2 aromatic heterocycles. The highest BCUT2D eigenvalue weighted by Crippen LogP contribution is 2.20. The van der Waals surface area contributed by atoms with Crippen LogP contribution in [0.1, 0.15) is 30.6 Å². The lowest BCUT2D eigenvalue weighted by Crippen LogP contribution is -2.12. The summed E-state index contributed by atoms with van der Waals surface area (Å²) in [6.45, 7) is 5.57. The van der Waals surface area contributed by atoms with Crippen molar-refractivity contribution in [2.45, 2.75) is 26.8 Å². The molecule has 112 valence electrons. The Morgan fingerprint density at radius 3 is 2.81 bits per heavy atom. The molecule has 0 bridgehead atoms. The first-order valence-electron chi connectivity index (χ1n) is 6.87. The minimum Gasteiger partial charge on any atom is -0.369 e. The van der Waals surface area contributed by atoms with Crippen LogP contribution in [0.5, 0.6) is 0 Å². The number of carbonyl (C=O) groups excluding carboxylic acids is 1. The summed E-state index contributed by atoms with van der Waals surface area (Å²) in [5.41, 5.74) is 1.05. The van der Waals surface area contributed by atoms with Crippen LogP contribution in [-0.2, 0) is 6.54 Å². The van der Waals surface area contributed by atoms with Crippen LogP contribution in [0.15, 0.2) is 24.7 Å². The maximum Gasteiger partial charge on any atom is 0.257 e. The topological polar surface area (TPSA) is 71.8 Å². The Balaban J connectivity index is 2.06. The molecule has 1 amide bonds. The van der Waals surface area contributed by atoms with Crippen LogP contribution in [0, 0.1) is 0 Å². The van der Waals surface area contributed by atoms with Gasteiger partial charge in [-0.2, -0.15) is 5.10 Å². The van der Waals surface area contributed by atoms with Gasteiger partial charge in [0.2, 0.25) is 0 Å². The van der Waals surface area contributed by atoms with Crippen molar-refractivity contribution in [2.75, 3.05) is 17.2 Å². The molecule has 0 aromatic carbocycles. The number of aryl methyl sites for hydroxylation is 1. The lowest BCUT2D eigenvalue weighted by atomic mass is 10.2. The Hall–Kier alpha value is -2.08. The van der Waals surface area contributed by atoms with Crippen molar-refractivity contribution in [1.82, 2.24) is 14.8 Å². The van der Waals surface area contributed by atoms with Crippen LogP contribution in [0.2, 0.25) is 5.02 Å². The quantitative estimate of drug-likeness (QED) is 0.860. The Morgan fingerprint density at radius 2 is 2.19 bits per heavy atom. The summed E-state index contributed by atoms with van der Waals surface area (Å²) in [5, 5.41) is 10.4. The zero-order chi connectivity index (χ0) is 15.2. The van der Waals surface area contributed by atoms with Crippen molar-refractivity contribution < 1.29 is 4.79 Å². The van der Waals surface area contributed by atoms with E-state index in [1.54, 1.807) is 23.1 Å². The van der Waals surface area contributed by atoms with E-state index in [9.17, 15) is 4.79 Å². The zero-order valence-corrected chi connectivity index (χ0v) is 12.8. The summed E-state index contributed by atoms with van der Waals surface area (Å²) in [7, 11) is 0. The van der Waals surface area contributed by atoms with E-state index in [0.717, 1.165) is 19.5 Å². The Kier molecular flexibility index (Phi) is 5.16. The van der Waals surface area contributed by atoms with Gasteiger partial charge in [-0.1, -0.05) is 18.5 Å². The minimum absolute atomic E-state index is 0.262. The lowest BCUT2D eigenvalue weighted by molar-refractivity contribution is 0.102. The molecule has 0 spiro atoms. The van der Waals surface area contributed by atoms with Gasteiger partial charge in [-0.05, 0) is 19.4 Å². The monoisotopic (exact) mass is 307 g/mol. The van der Waals surface area contributed by atoms with Crippen molar-refractivity contribution in [1.29, 1.82) is 0 Å². The molecular weight excluding hydrogens is 290 g/mol. The van der Waals surface area contributed by atoms with E-state index in [-0.39, 0.29) is 5.91 Å². The second kappa shape index (κ2) is 7.08. The maximum atomic E-state index is 12.1. The highest BCUT2D eigenvalue weighted by atomic mass is 35.5. The van der Waals surface area contributed by atoms with E-state index >= 15 is 0 Å². The number of rotatable bonds is 6. The largest absolute Gasteiger partial charge is 0.369 e. The van der Waals surface area contributed by atoms with Gasteiger partial charge in [0.1, 0.15) is 5.82 Å². The standard InChI is InChI=1S/C14H18ClN5O/c1-3-5-16-13-12(15)6-10(7-17-13)14(21)19-11-8-18-20(4-2)9-11/h6-9H,3-5H2,1-2H3,(H,16,17)(H,19,21). The first kappa shape index (κ1) is 15.3. The summed E-state index contributed by atoms with van der Waals surface area (Å²) in [6.07, 6.45) is 5.85. The van der Waals surface area contributed by atoms with E-state index in [4.69, 9.17) is 11.6 Å². The smallest absolute Gasteiger partial charge is 0.257 e. The molecule has 7 heteroatoms. The highest BCUT2D eigenvalue weighted by Gasteiger charge is 2.11. The van der Waals surface area contributed by atoms with E-state index in [2.05, 4.69) is 27.6 Å². The lowest BCUT2D eigenvalue weighted by Gasteiger charge is -2.08. The molecule has 6 nitrogen and oxygen atoms in total. The van der Waals surface area contributed by atoms with Crippen LogP contribution in [0.25, 0.3) is 0 Å². The number of carbonyl (C=O) groups is 1. The normalized spacial score (nSPS) is 10.4. The first-order valence-corrected chi connectivity index (χ1v) is 7.25. The number of nitrogens with one attached hydrogen (secondary N) is 2. The number of amides is 1. The number of hydrogen-bond donors (Lipinski definition) is 2. The Labute approximate surface area is 128 Å². The number of hydrogen-bond acceptors (Lipinski definition) is 4. The fourth-order valence-electron chi connectivity index (χ4n) is 1.74. The summed E-state index contributed by atoms with van der Waals surface area (Å²) < 4.78 is 1.73. The molecule has 2 heterocycles. The minimum atomic E-state index is -0.262. The molecule has 0 saturated heterocycles. The van der Waals surface area contributed by atoms with Crippen molar-refractivity contribution in [3.63, 3.8) is 0 Å². The summed E-state index contributed by atoms with van der Waals surface area (Å²) in [5.74, 6) is 0.330. The molecule has 0 aliphatic carbocycles. The highest BCUT2D eigenvalue weighted by molar-refractivity contribution is 6.33. The van der Waals surface area contributed by atoms with Gasteiger partial charge in [0.25, 0.3) is 5.91 Å². The van der Waals surface area contributed by atoms with E-state index < -0.39 is 0 Å². The van der Waals surface area contributed by atoms with Gasteiger partial charge in [-0.25, -0.2) is 4.98 Å². The molecule has 0 radical (unpaired) electrons. The third kappa shape index (κ3) is 3.95. The molecule has 0 atom stereocenters. The van der Waals surface area contributed by atoms with Gasteiger partial charge < -0.3 is 10.6 Å². The summed E-state index contributed by atoms with van der Waals surface area (Å²) in [4.78, 5) is 16.3. The fourth-order valence-corrected chi connectivity index (χ4v) is 1.97. The molecule has 0 saturated carbocycles. The molecule has 21 heavy (non-hydrogen) atoms. The summed E-state index contributed by atoms with van der Waals surface area (Å²) >= 11 is 6.12. The molecule has 2 aromatic rings. The van der Waals surface area contributed by atoms with Gasteiger partial charge in [0, 0.05) is 25.5 Å². The van der Waals surface area contributed by atoms with Gasteiger partial charge in [0.05, 0.1) is 22.5 Å². The van der Waals surface area contributed by atoms with Gasteiger partial charge in [0.15, 0.2) is 0 Å². The number of aromatic nitrogens is 3. The average molecular weight is 308 g/mol. The van der Waals surface area contributed by atoms with Crippen LogP contribution in [-0.4, -0.2) is 27.2 Å². The first-order chi connectivity index (χ1) is 10.1. The second-order valence-corrected chi connectivity index (χ2v) is 4.93. The fraction of sp³-hybridized carbons (Fsp3) is 0.357. The van der Waals surface area contributed by atoms with Crippen molar-refractivity contribution >= 4 is 29.0 Å². The zero-order valence-electron chi connectivity index (χ0n) is 12.1. The molecule has 0 aliphatic heterocycles. The molecule has 0 unspecified atom stereocenters. The van der Waals surface area contributed by atoms with Gasteiger partial charge in [-0.15, -0.1) is 0 Å². The van der Waals surface area contributed by atoms with E-state index in [0.29, 0.717) is 22.1 Å². The van der Waals surface area contributed by atoms with E-state index in [1.807, 2.05) is 6.92 Å². The van der Waals surface area contributed by atoms with Crippen molar-refractivity contribution in [3.8, 4) is 0 Å². The van der Waals surface area contributed by atoms with Crippen LogP contribution < -0.4 is 10.6 Å². The average Bonchev–Trinajstić information content (AvgIpc) is 2.93. The second-order valence-electron chi connectivity index (χ2n) is 4.52. The maximum absolute atomic E-state index is 12.1. The number of anilines is 2. The van der Waals surface area contributed by atoms with Crippen LogP contribution in [0.3, 0.4) is 0 Å². The Morgan fingerprint density at radius 1 is 1.38 bits per heavy atom. The predicted octanol–water partition coefficient (Wildman–Crippen LogP) is 3.03. The Bertz CT molecular complexity index is 626.